The quantitative estimate of drug-likeness (QED) is 0.830. The number of ether oxygens (including phenoxy) is 2. The summed E-state index contributed by atoms with van der Waals surface area (Å²) < 4.78 is 11.8. The minimum absolute atomic E-state index is 0.0719. The number of hydrogen-bond donors (Lipinski definition) is 2. The zero-order chi connectivity index (χ0) is 13.5. The minimum atomic E-state index is 0.0719. The van der Waals surface area contributed by atoms with Gasteiger partial charge in [0.1, 0.15) is 22.4 Å². The summed E-state index contributed by atoms with van der Waals surface area (Å²) in [6, 6.07) is 0. The van der Waals surface area contributed by atoms with E-state index in [1.54, 1.807) is 6.33 Å². The van der Waals surface area contributed by atoms with Crippen molar-refractivity contribution in [3.05, 3.63) is 10.8 Å². The first-order valence-electron chi connectivity index (χ1n) is 6.49. The second-order valence-electron chi connectivity index (χ2n) is 4.26. The summed E-state index contributed by atoms with van der Waals surface area (Å²) >= 11 is 3.51. The normalized spacial score (nSPS) is 19.2. The first kappa shape index (κ1) is 14.5. The van der Waals surface area contributed by atoms with Crippen molar-refractivity contribution in [2.75, 3.05) is 43.5 Å². The summed E-state index contributed by atoms with van der Waals surface area (Å²) in [6.07, 6.45) is 2.66. The largest absolute Gasteiger partial charge is 0.376 e. The maximum Gasteiger partial charge on any atom is 0.146 e. The van der Waals surface area contributed by atoms with Crippen LogP contribution < -0.4 is 10.6 Å². The summed E-state index contributed by atoms with van der Waals surface area (Å²) in [5, 5.41) is 6.50. The molecule has 2 rings (SSSR count). The van der Waals surface area contributed by atoms with Crippen LogP contribution >= 0.6 is 15.9 Å². The average Bonchev–Trinajstić information content (AvgIpc) is 2.46. The third-order valence-corrected chi connectivity index (χ3v) is 3.47. The number of rotatable bonds is 6. The molecule has 6 nitrogen and oxygen atoms in total. The zero-order valence-electron chi connectivity index (χ0n) is 11.0. The van der Waals surface area contributed by atoms with Crippen molar-refractivity contribution >= 4 is 27.6 Å². The molecule has 106 valence electrons. The van der Waals surface area contributed by atoms with Crippen molar-refractivity contribution in [2.24, 2.45) is 0 Å². The Morgan fingerprint density at radius 3 is 2.79 bits per heavy atom. The topological polar surface area (TPSA) is 68.3 Å². The Kier molecular flexibility index (Phi) is 5.81. The van der Waals surface area contributed by atoms with E-state index < -0.39 is 0 Å². The highest BCUT2D eigenvalue weighted by atomic mass is 79.9. The Labute approximate surface area is 121 Å². The third kappa shape index (κ3) is 4.29. The van der Waals surface area contributed by atoms with E-state index in [-0.39, 0.29) is 6.10 Å². The van der Waals surface area contributed by atoms with E-state index in [1.165, 1.54) is 0 Å². The fraction of sp³-hybridized carbons (Fsp3) is 0.667. The first-order chi connectivity index (χ1) is 9.31. The lowest BCUT2D eigenvalue weighted by atomic mass is 10.3. The standard InChI is InChI=1S/C12H19BrN4O2/c1-2-3-14-11-10(13)12(17-8-16-11)15-6-9-7-18-4-5-19-9/h8-9H,2-7H2,1H3,(H2,14,15,16,17). The number of nitrogens with one attached hydrogen (secondary N) is 2. The summed E-state index contributed by atoms with van der Waals surface area (Å²) in [5.41, 5.74) is 0. The fourth-order valence-corrected chi connectivity index (χ4v) is 2.21. The number of anilines is 2. The SMILES string of the molecule is CCCNc1ncnc(NCC2COCCO2)c1Br. The Balaban J connectivity index is 1.91. The van der Waals surface area contributed by atoms with E-state index in [2.05, 4.69) is 43.5 Å². The molecular formula is C12H19BrN4O2. The van der Waals surface area contributed by atoms with Gasteiger partial charge in [0.25, 0.3) is 0 Å². The van der Waals surface area contributed by atoms with Gasteiger partial charge in [0.15, 0.2) is 0 Å². The molecule has 2 heterocycles. The van der Waals surface area contributed by atoms with Crippen molar-refractivity contribution in [3.8, 4) is 0 Å². The minimum Gasteiger partial charge on any atom is -0.376 e. The Morgan fingerprint density at radius 1 is 1.32 bits per heavy atom. The molecule has 1 unspecified atom stereocenters. The van der Waals surface area contributed by atoms with Gasteiger partial charge >= 0.3 is 0 Å². The summed E-state index contributed by atoms with van der Waals surface area (Å²) in [4.78, 5) is 8.43. The Bertz CT molecular complexity index is 399. The molecule has 0 aliphatic carbocycles. The number of halogens is 1. The van der Waals surface area contributed by atoms with Gasteiger partial charge in [0.05, 0.1) is 25.9 Å². The van der Waals surface area contributed by atoms with E-state index in [0.717, 1.165) is 29.1 Å². The highest BCUT2D eigenvalue weighted by Crippen LogP contribution is 2.26. The Hall–Kier alpha value is -0.920. The molecule has 1 atom stereocenters. The van der Waals surface area contributed by atoms with Crippen LogP contribution in [0.4, 0.5) is 11.6 Å². The number of aromatic nitrogens is 2. The van der Waals surface area contributed by atoms with E-state index in [1.807, 2.05) is 0 Å². The van der Waals surface area contributed by atoms with Gasteiger partial charge in [-0.25, -0.2) is 9.97 Å². The monoisotopic (exact) mass is 330 g/mol. The molecule has 0 amide bonds. The fourth-order valence-electron chi connectivity index (χ4n) is 1.72. The van der Waals surface area contributed by atoms with Gasteiger partial charge in [0, 0.05) is 13.1 Å². The van der Waals surface area contributed by atoms with Gasteiger partial charge in [-0.2, -0.15) is 0 Å². The summed E-state index contributed by atoms with van der Waals surface area (Å²) in [6.45, 7) is 5.62. The van der Waals surface area contributed by atoms with Crippen LogP contribution in [-0.4, -0.2) is 49.0 Å². The van der Waals surface area contributed by atoms with Crippen LogP contribution in [0.1, 0.15) is 13.3 Å². The lowest BCUT2D eigenvalue weighted by Crippen LogP contribution is -2.34. The van der Waals surface area contributed by atoms with Gasteiger partial charge < -0.3 is 20.1 Å². The predicted molar refractivity (Wildman–Crippen MR) is 77.6 cm³/mol. The van der Waals surface area contributed by atoms with Gasteiger partial charge in [-0.3, -0.25) is 0 Å². The Morgan fingerprint density at radius 2 is 2.11 bits per heavy atom. The van der Waals surface area contributed by atoms with Crippen molar-refractivity contribution in [1.82, 2.24) is 9.97 Å². The van der Waals surface area contributed by atoms with Gasteiger partial charge in [0.2, 0.25) is 0 Å². The van der Waals surface area contributed by atoms with Crippen LogP contribution in [0.15, 0.2) is 10.8 Å². The third-order valence-electron chi connectivity index (χ3n) is 2.71. The first-order valence-corrected chi connectivity index (χ1v) is 7.28. The molecule has 0 saturated carbocycles. The number of nitrogens with zero attached hydrogens (tertiary/aromatic N) is 2. The molecule has 1 aliphatic rings. The molecule has 7 heteroatoms. The van der Waals surface area contributed by atoms with Crippen molar-refractivity contribution < 1.29 is 9.47 Å². The van der Waals surface area contributed by atoms with Crippen molar-refractivity contribution in [2.45, 2.75) is 19.4 Å². The van der Waals surface area contributed by atoms with Crippen LogP contribution in [0.2, 0.25) is 0 Å². The molecule has 0 bridgehead atoms. The van der Waals surface area contributed by atoms with Crippen LogP contribution in [0, 0.1) is 0 Å². The molecule has 1 aromatic heterocycles. The maximum atomic E-state index is 5.57. The molecular weight excluding hydrogens is 312 g/mol. The molecule has 19 heavy (non-hydrogen) atoms. The molecule has 0 radical (unpaired) electrons. The molecule has 2 N–H and O–H groups in total. The van der Waals surface area contributed by atoms with Crippen LogP contribution in [0.25, 0.3) is 0 Å². The molecule has 0 aromatic carbocycles. The predicted octanol–water partition coefficient (Wildman–Crippen LogP) is 1.89. The summed E-state index contributed by atoms with van der Waals surface area (Å²) in [5.74, 6) is 1.57. The van der Waals surface area contributed by atoms with Gasteiger partial charge in [-0.05, 0) is 22.4 Å². The zero-order valence-corrected chi connectivity index (χ0v) is 12.6. The summed E-state index contributed by atoms with van der Waals surface area (Å²) in [7, 11) is 0. The molecule has 1 aromatic rings. The second kappa shape index (κ2) is 7.62. The number of hydrogen-bond acceptors (Lipinski definition) is 6. The van der Waals surface area contributed by atoms with E-state index in [0.29, 0.717) is 26.4 Å². The van der Waals surface area contributed by atoms with E-state index in [4.69, 9.17) is 9.47 Å². The van der Waals surface area contributed by atoms with Crippen molar-refractivity contribution in [1.29, 1.82) is 0 Å². The lowest BCUT2D eigenvalue weighted by Gasteiger charge is -2.23. The van der Waals surface area contributed by atoms with Gasteiger partial charge in [-0.15, -0.1) is 0 Å². The molecule has 1 saturated heterocycles. The van der Waals surface area contributed by atoms with Crippen LogP contribution in [0.3, 0.4) is 0 Å². The van der Waals surface area contributed by atoms with Crippen LogP contribution in [0.5, 0.6) is 0 Å². The van der Waals surface area contributed by atoms with Crippen molar-refractivity contribution in [3.63, 3.8) is 0 Å². The van der Waals surface area contributed by atoms with E-state index >= 15 is 0 Å². The second-order valence-corrected chi connectivity index (χ2v) is 5.05. The highest BCUT2D eigenvalue weighted by molar-refractivity contribution is 9.10. The van der Waals surface area contributed by atoms with E-state index in [9.17, 15) is 0 Å². The maximum absolute atomic E-state index is 5.57. The lowest BCUT2D eigenvalue weighted by molar-refractivity contribution is -0.0819. The van der Waals surface area contributed by atoms with Gasteiger partial charge in [-0.1, -0.05) is 6.92 Å². The highest BCUT2D eigenvalue weighted by Gasteiger charge is 2.15. The van der Waals surface area contributed by atoms with Crippen LogP contribution in [-0.2, 0) is 9.47 Å². The smallest absolute Gasteiger partial charge is 0.146 e. The molecule has 0 spiro atoms. The average molecular weight is 331 g/mol. The molecule has 1 aliphatic heterocycles. The molecule has 1 fully saturated rings.